The molecule has 1 atom stereocenters. The number of fused-ring (bicyclic) bond motifs is 2. The largest absolute Gasteiger partial charge is 0.469 e. The molecule has 0 aromatic heterocycles. The first-order valence-electron chi connectivity index (χ1n) is 12.2. The van der Waals surface area contributed by atoms with E-state index in [4.69, 9.17) is 4.74 Å². The van der Waals surface area contributed by atoms with E-state index in [2.05, 4.69) is 56.3 Å². The number of hydrogen-bond donors (Lipinski definition) is 0. The molecular weight excluding hydrogens is 440 g/mol. The fourth-order valence-electron chi connectivity index (χ4n) is 5.27. The zero-order valence-corrected chi connectivity index (χ0v) is 20.4. The number of hydrogen-bond acceptors (Lipinski definition) is 2. The monoisotopic (exact) mass is 466 g/mol. The Morgan fingerprint density at radius 3 is 2.14 bits per heavy atom. The molecule has 0 fully saturated rings. The molecule has 0 aliphatic heterocycles. The second-order valence-corrected chi connectivity index (χ2v) is 9.47. The van der Waals surface area contributed by atoms with Crippen LogP contribution < -0.4 is 4.74 Å². The topological polar surface area (TPSA) is 26.3 Å². The fraction of sp³-hybridized carbons (Fsp3) is 0.0882. The van der Waals surface area contributed by atoms with Crippen LogP contribution in [0.5, 0.6) is 5.75 Å². The van der Waals surface area contributed by atoms with Crippen LogP contribution in [0.1, 0.15) is 27.8 Å². The van der Waals surface area contributed by atoms with E-state index in [1.165, 1.54) is 5.56 Å². The van der Waals surface area contributed by atoms with E-state index in [1.54, 1.807) is 6.08 Å². The predicted octanol–water partition coefficient (Wildman–Crippen LogP) is 8.04. The molecule has 0 amide bonds. The van der Waals surface area contributed by atoms with E-state index in [9.17, 15) is 4.79 Å². The molecule has 0 saturated heterocycles. The van der Waals surface area contributed by atoms with Crippen molar-refractivity contribution in [2.75, 3.05) is 0 Å². The third kappa shape index (κ3) is 3.54. The fourth-order valence-corrected chi connectivity index (χ4v) is 5.27. The minimum absolute atomic E-state index is 0.0898. The zero-order chi connectivity index (χ0) is 24.7. The Bertz CT molecular complexity index is 1630. The molecule has 0 heterocycles. The third-order valence-corrected chi connectivity index (χ3v) is 6.99. The van der Waals surface area contributed by atoms with Gasteiger partial charge in [-0.05, 0) is 47.9 Å². The first-order chi connectivity index (χ1) is 17.6. The molecule has 174 valence electrons. The standard InChI is InChI=1S/C34H26O2/c1-23-13-17-29-26(21-23)15-19-31(33(29)25-9-5-3-6-10-25)36-34(28-11-7-4-8-12-28)30-18-14-24(2)22-27(30)16-20-32(34)35/h3-22H,1-2H3. The molecule has 1 unspecified atom stereocenters. The molecule has 0 spiro atoms. The molecule has 0 bridgehead atoms. The van der Waals surface area contributed by atoms with Crippen molar-refractivity contribution in [1.29, 1.82) is 0 Å². The maximum atomic E-state index is 13.9. The second-order valence-electron chi connectivity index (χ2n) is 9.47. The Morgan fingerprint density at radius 2 is 1.36 bits per heavy atom. The summed E-state index contributed by atoms with van der Waals surface area (Å²) in [6.07, 6.45) is 3.55. The predicted molar refractivity (Wildman–Crippen MR) is 147 cm³/mol. The maximum Gasteiger partial charge on any atom is 0.221 e. The highest BCUT2D eigenvalue weighted by Crippen LogP contribution is 2.45. The van der Waals surface area contributed by atoms with Gasteiger partial charge < -0.3 is 4.74 Å². The summed E-state index contributed by atoms with van der Waals surface area (Å²) in [5.41, 5.74) is 5.75. The van der Waals surface area contributed by atoms with Gasteiger partial charge in [-0.3, -0.25) is 4.79 Å². The van der Waals surface area contributed by atoms with Crippen LogP contribution in [0, 0.1) is 13.8 Å². The van der Waals surface area contributed by atoms with Crippen molar-refractivity contribution >= 4 is 22.6 Å². The maximum absolute atomic E-state index is 13.9. The lowest BCUT2D eigenvalue weighted by Gasteiger charge is -2.37. The quantitative estimate of drug-likeness (QED) is 0.268. The number of rotatable bonds is 4. The molecule has 5 aromatic rings. The number of ketones is 1. The van der Waals surface area contributed by atoms with E-state index < -0.39 is 5.60 Å². The van der Waals surface area contributed by atoms with Crippen LogP contribution in [-0.2, 0) is 10.4 Å². The van der Waals surface area contributed by atoms with Crippen molar-refractivity contribution in [1.82, 2.24) is 0 Å². The Kier molecular flexibility index (Phi) is 5.30. The number of carbonyl (C=O) groups is 1. The molecular formula is C34H26O2. The van der Waals surface area contributed by atoms with E-state index in [1.807, 2.05) is 72.8 Å². The minimum Gasteiger partial charge on any atom is -0.469 e. The smallest absolute Gasteiger partial charge is 0.221 e. The Balaban J connectivity index is 1.65. The number of ether oxygens (including phenoxy) is 1. The van der Waals surface area contributed by atoms with Gasteiger partial charge in [-0.15, -0.1) is 0 Å². The van der Waals surface area contributed by atoms with Crippen molar-refractivity contribution < 1.29 is 9.53 Å². The summed E-state index contributed by atoms with van der Waals surface area (Å²) in [5.74, 6) is 0.588. The molecule has 6 rings (SSSR count). The average Bonchev–Trinajstić information content (AvgIpc) is 2.91. The number of benzene rings is 5. The Morgan fingerprint density at radius 1 is 0.667 bits per heavy atom. The Hall–Kier alpha value is -4.43. The average molecular weight is 467 g/mol. The first kappa shape index (κ1) is 22.1. The minimum atomic E-state index is -1.29. The van der Waals surface area contributed by atoms with E-state index in [0.29, 0.717) is 5.75 Å². The van der Waals surface area contributed by atoms with Gasteiger partial charge in [0.15, 0.2) is 0 Å². The number of aryl methyl sites for hydroxylation is 2. The summed E-state index contributed by atoms with van der Waals surface area (Å²) in [4.78, 5) is 13.9. The lowest BCUT2D eigenvalue weighted by molar-refractivity contribution is -0.127. The van der Waals surface area contributed by atoms with Crippen molar-refractivity contribution in [3.05, 3.63) is 143 Å². The highest BCUT2D eigenvalue weighted by Gasteiger charge is 2.46. The first-order valence-corrected chi connectivity index (χ1v) is 12.2. The molecule has 2 heteroatoms. The lowest BCUT2D eigenvalue weighted by Crippen LogP contribution is -2.44. The van der Waals surface area contributed by atoms with Gasteiger partial charge in [0.2, 0.25) is 11.4 Å². The van der Waals surface area contributed by atoms with Gasteiger partial charge in [-0.25, -0.2) is 0 Å². The van der Waals surface area contributed by atoms with Crippen molar-refractivity contribution in [3.8, 4) is 16.9 Å². The van der Waals surface area contributed by atoms with E-state index >= 15 is 0 Å². The van der Waals surface area contributed by atoms with Crippen molar-refractivity contribution in [3.63, 3.8) is 0 Å². The normalized spacial score (nSPS) is 16.7. The van der Waals surface area contributed by atoms with Crippen LogP contribution >= 0.6 is 0 Å². The van der Waals surface area contributed by atoms with Gasteiger partial charge in [0.1, 0.15) is 5.75 Å². The molecule has 0 N–H and O–H groups in total. The molecule has 36 heavy (non-hydrogen) atoms. The number of carbonyl (C=O) groups excluding carboxylic acids is 1. The van der Waals surface area contributed by atoms with E-state index in [0.717, 1.165) is 44.2 Å². The van der Waals surface area contributed by atoms with Crippen molar-refractivity contribution in [2.45, 2.75) is 19.4 Å². The van der Waals surface area contributed by atoms with Gasteiger partial charge >= 0.3 is 0 Å². The second kappa shape index (κ2) is 8.66. The summed E-state index contributed by atoms with van der Waals surface area (Å²) in [6.45, 7) is 4.16. The van der Waals surface area contributed by atoms with Gasteiger partial charge in [-0.1, -0.05) is 120 Å². The zero-order valence-electron chi connectivity index (χ0n) is 20.4. The summed E-state index contributed by atoms with van der Waals surface area (Å²) in [7, 11) is 0. The molecule has 5 aromatic carbocycles. The van der Waals surface area contributed by atoms with Crippen LogP contribution in [0.2, 0.25) is 0 Å². The summed E-state index contributed by atoms with van der Waals surface area (Å²) >= 11 is 0. The van der Waals surface area contributed by atoms with Crippen LogP contribution in [0.4, 0.5) is 0 Å². The van der Waals surface area contributed by atoms with Gasteiger partial charge in [0.05, 0.1) is 0 Å². The SMILES string of the molecule is Cc1ccc2c(c1)C=CC(=O)C2(Oc1ccc2cc(C)ccc2c1-c1ccccc1)c1ccccc1. The summed E-state index contributed by atoms with van der Waals surface area (Å²) in [6, 6.07) is 36.9. The van der Waals surface area contributed by atoms with Gasteiger partial charge in [-0.2, -0.15) is 0 Å². The Labute approximate surface area is 211 Å². The summed E-state index contributed by atoms with van der Waals surface area (Å²) < 4.78 is 7.03. The summed E-state index contributed by atoms with van der Waals surface area (Å²) in [5, 5.41) is 2.23. The van der Waals surface area contributed by atoms with Crippen LogP contribution in [-0.4, -0.2) is 5.78 Å². The molecule has 1 aliphatic rings. The van der Waals surface area contributed by atoms with Crippen LogP contribution in [0.25, 0.3) is 28.0 Å². The molecule has 0 radical (unpaired) electrons. The highest BCUT2D eigenvalue weighted by molar-refractivity contribution is 6.07. The van der Waals surface area contributed by atoms with Crippen LogP contribution in [0.3, 0.4) is 0 Å². The molecule has 0 saturated carbocycles. The lowest BCUT2D eigenvalue weighted by atomic mass is 9.76. The van der Waals surface area contributed by atoms with E-state index in [-0.39, 0.29) is 5.78 Å². The molecule has 2 nitrogen and oxygen atoms in total. The van der Waals surface area contributed by atoms with Gasteiger partial charge in [0.25, 0.3) is 0 Å². The highest BCUT2D eigenvalue weighted by atomic mass is 16.5. The van der Waals surface area contributed by atoms with Crippen LogP contribution in [0.15, 0.2) is 115 Å². The van der Waals surface area contributed by atoms with Gasteiger partial charge in [0, 0.05) is 16.7 Å². The molecule has 1 aliphatic carbocycles. The third-order valence-electron chi connectivity index (χ3n) is 6.99. The van der Waals surface area contributed by atoms with Crippen molar-refractivity contribution in [2.24, 2.45) is 0 Å².